The standard InChI is InChI=1S/C11H17N3O2S/c1-2-10-13-14-11(17-10)12-9(15)6-5-8-4-3-7-16-8/h8H,2-7H2,1H3,(H,12,14,15). The van der Waals surface area contributed by atoms with Crippen LogP contribution in [0.3, 0.4) is 0 Å². The Morgan fingerprint density at radius 3 is 3.12 bits per heavy atom. The molecule has 0 saturated carbocycles. The lowest BCUT2D eigenvalue weighted by molar-refractivity contribution is -0.116. The molecule has 1 atom stereocenters. The second-order valence-corrected chi connectivity index (χ2v) is 5.14. The van der Waals surface area contributed by atoms with Gasteiger partial charge >= 0.3 is 0 Å². The normalized spacial score (nSPS) is 19.5. The van der Waals surface area contributed by atoms with Crippen molar-refractivity contribution in [1.29, 1.82) is 0 Å². The molecular weight excluding hydrogens is 238 g/mol. The first-order chi connectivity index (χ1) is 8.28. The lowest BCUT2D eigenvalue weighted by atomic mass is 10.1. The van der Waals surface area contributed by atoms with Gasteiger partial charge in [0.1, 0.15) is 5.01 Å². The second kappa shape index (κ2) is 6.07. The first-order valence-electron chi connectivity index (χ1n) is 6.01. The number of ether oxygens (including phenoxy) is 1. The first kappa shape index (κ1) is 12.4. The molecule has 1 aliphatic rings. The summed E-state index contributed by atoms with van der Waals surface area (Å²) in [4.78, 5) is 11.6. The van der Waals surface area contributed by atoms with E-state index in [0.717, 1.165) is 37.3 Å². The number of aromatic nitrogens is 2. The number of hydrogen-bond acceptors (Lipinski definition) is 5. The predicted octanol–water partition coefficient (Wildman–Crippen LogP) is 2.00. The average Bonchev–Trinajstić information content (AvgIpc) is 2.97. The molecule has 0 bridgehead atoms. The average molecular weight is 255 g/mol. The maximum absolute atomic E-state index is 11.6. The van der Waals surface area contributed by atoms with E-state index in [2.05, 4.69) is 15.5 Å². The summed E-state index contributed by atoms with van der Waals surface area (Å²) >= 11 is 1.43. The zero-order valence-electron chi connectivity index (χ0n) is 9.94. The number of nitrogens with one attached hydrogen (secondary N) is 1. The number of anilines is 1. The minimum atomic E-state index is -0.000645. The van der Waals surface area contributed by atoms with Crippen LogP contribution >= 0.6 is 11.3 Å². The number of amides is 1. The van der Waals surface area contributed by atoms with E-state index >= 15 is 0 Å². The molecule has 1 aromatic heterocycles. The van der Waals surface area contributed by atoms with E-state index in [1.807, 2.05) is 6.92 Å². The fourth-order valence-electron chi connectivity index (χ4n) is 1.79. The van der Waals surface area contributed by atoms with Crippen LogP contribution in [0.25, 0.3) is 0 Å². The molecule has 1 aliphatic heterocycles. The summed E-state index contributed by atoms with van der Waals surface area (Å²) in [5, 5.41) is 12.2. The van der Waals surface area contributed by atoms with Crippen molar-refractivity contribution in [2.24, 2.45) is 0 Å². The fraction of sp³-hybridized carbons (Fsp3) is 0.727. The summed E-state index contributed by atoms with van der Waals surface area (Å²) in [6.07, 6.45) is 4.59. The SMILES string of the molecule is CCc1nnc(NC(=O)CCC2CCCO2)s1. The Morgan fingerprint density at radius 2 is 2.47 bits per heavy atom. The Bertz CT molecular complexity index is 375. The second-order valence-electron chi connectivity index (χ2n) is 4.08. The molecule has 1 N–H and O–H groups in total. The highest BCUT2D eigenvalue weighted by atomic mass is 32.1. The third-order valence-electron chi connectivity index (χ3n) is 2.73. The maximum Gasteiger partial charge on any atom is 0.226 e. The molecule has 0 aliphatic carbocycles. The predicted molar refractivity (Wildman–Crippen MR) is 66.1 cm³/mol. The first-order valence-corrected chi connectivity index (χ1v) is 6.83. The molecule has 94 valence electrons. The van der Waals surface area contributed by atoms with Crippen LogP contribution in [0.15, 0.2) is 0 Å². The minimum absolute atomic E-state index is 0.000645. The van der Waals surface area contributed by atoms with Crippen molar-refractivity contribution in [2.45, 2.75) is 45.1 Å². The molecule has 17 heavy (non-hydrogen) atoms. The Labute approximate surface area is 105 Å². The summed E-state index contributed by atoms with van der Waals surface area (Å²) in [6.45, 7) is 2.85. The molecule has 1 saturated heterocycles. The zero-order chi connectivity index (χ0) is 12.1. The van der Waals surface area contributed by atoms with Gasteiger partial charge in [-0.05, 0) is 25.7 Å². The molecule has 1 amide bonds. The number of aryl methyl sites for hydroxylation is 1. The summed E-state index contributed by atoms with van der Waals surface area (Å²) in [5.74, 6) is -0.000645. The van der Waals surface area contributed by atoms with E-state index < -0.39 is 0 Å². The lowest BCUT2D eigenvalue weighted by Crippen LogP contribution is -2.15. The Balaban J connectivity index is 1.72. The van der Waals surface area contributed by atoms with Gasteiger partial charge in [0, 0.05) is 13.0 Å². The van der Waals surface area contributed by atoms with Crippen LogP contribution in [0.4, 0.5) is 5.13 Å². The van der Waals surface area contributed by atoms with Gasteiger partial charge in [-0.1, -0.05) is 18.3 Å². The molecule has 1 aromatic rings. The molecule has 1 unspecified atom stereocenters. The third-order valence-corrected chi connectivity index (χ3v) is 3.72. The largest absolute Gasteiger partial charge is 0.378 e. The number of carbonyl (C=O) groups excluding carboxylic acids is 1. The maximum atomic E-state index is 11.6. The van der Waals surface area contributed by atoms with Gasteiger partial charge in [0.25, 0.3) is 0 Å². The van der Waals surface area contributed by atoms with E-state index in [4.69, 9.17) is 4.74 Å². The number of hydrogen-bond donors (Lipinski definition) is 1. The summed E-state index contributed by atoms with van der Waals surface area (Å²) in [7, 11) is 0. The number of carbonyl (C=O) groups is 1. The molecule has 6 heteroatoms. The van der Waals surface area contributed by atoms with Crippen LogP contribution < -0.4 is 5.32 Å². The highest BCUT2D eigenvalue weighted by Crippen LogP contribution is 2.18. The summed E-state index contributed by atoms with van der Waals surface area (Å²) < 4.78 is 5.47. The van der Waals surface area contributed by atoms with Gasteiger partial charge in [-0.3, -0.25) is 4.79 Å². The van der Waals surface area contributed by atoms with Crippen LogP contribution in [0.5, 0.6) is 0 Å². The Hall–Kier alpha value is -1.01. The third kappa shape index (κ3) is 3.74. The highest BCUT2D eigenvalue weighted by molar-refractivity contribution is 7.15. The van der Waals surface area contributed by atoms with Gasteiger partial charge in [-0.15, -0.1) is 10.2 Å². The molecule has 0 radical (unpaired) electrons. The minimum Gasteiger partial charge on any atom is -0.378 e. The quantitative estimate of drug-likeness (QED) is 0.874. The van der Waals surface area contributed by atoms with E-state index in [0.29, 0.717) is 11.6 Å². The van der Waals surface area contributed by atoms with E-state index in [9.17, 15) is 4.79 Å². The lowest BCUT2D eigenvalue weighted by Gasteiger charge is -2.07. The molecule has 5 nitrogen and oxygen atoms in total. The zero-order valence-corrected chi connectivity index (χ0v) is 10.8. The van der Waals surface area contributed by atoms with Crippen molar-refractivity contribution in [1.82, 2.24) is 10.2 Å². The topological polar surface area (TPSA) is 64.1 Å². The van der Waals surface area contributed by atoms with Crippen molar-refractivity contribution in [3.05, 3.63) is 5.01 Å². The smallest absolute Gasteiger partial charge is 0.226 e. The molecule has 2 heterocycles. The fourth-order valence-corrected chi connectivity index (χ4v) is 2.49. The van der Waals surface area contributed by atoms with Crippen molar-refractivity contribution in [3.63, 3.8) is 0 Å². The van der Waals surface area contributed by atoms with Gasteiger partial charge in [0.15, 0.2) is 0 Å². The van der Waals surface area contributed by atoms with Crippen molar-refractivity contribution in [3.8, 4) is 0 Å². The van der Waals surface area contributed by atoms with Gasteiger partial charge in [0.05, 0.1) is 6.10 Å². The van der Waals surface area contributed by atoms with E-state index in [-0.39, 0.29) is 12.0 Å². The van der Waals surface area contributed by atoms with Gasteiger partial charge in [0.2, 0.25) is 11.0 Å². The number of nitrogens with zero attached hydrogens (tertiary/aromatic N) is 2. The van der Waals surface area contributed by atoms with Crippen molar-refractivity contribution < 1.29 is 9.53 Å². The molecular formula is C11H17N3O2S. The molecule has 1 fully saturated rings. The van der Waals surface area contributed by atoms with Gasteiger partial charge in [-0.2, -0.15) is 0 Å². The number of rotatable bonds is 5. The Morgan fingerprint density at radius 1 is 1.59 bits per heavy atom. The van der Waals surface area contributed by atoms with Crippen molar-refractivity contribution >= 4 is 22.4 Å². The van der Waals surface area contributed by atoms with E-state index in [1.54, 1.807) is 0 Å². The van der Waals surface area contributed by atoms with Crippen LogP contribution in [-0.4, -0.2) is 28.8 Å². The Kier molecular flexibility index (Phi) is 4.44. The summed E-state index contributed by atoms with van der Waals surface area (Å²) in [6, 6.07) is 0. The van der Waals surface area contributed by atoms with Gasteiger partial charge < -0.3 is 10.1 Å². The van der Waals surface area contributed by atoms with Crippen molar-refractivity contribution in [2.75, 3.05) is 11.9 Å². The molecule has 0 aromatic carbocycles. The molecule has 2 rings (SSSR count). The van der Waals surface area contributed by atoms with Crippen LogP contribution in [0, 0.1) is 0 Å². The van der Waals surface area contributed by atoms with Crippen LogP contribution in [0.2, 0.25) is 0 Å². The van der Waals surface area contributed by atoms with Crippen LogP contribution in [0.1, 0.15) is 37.6 Å². The van der Waals surface area contributed by atoms with Gasteiger partial charge in [-0.25, -0.2) is 0 Å². The monoisotopic (exact) mass is 255 g/mol. The molecule has 0 spiro atoms. The van der Waals surface area contributed by atoms with E-state index in [1.165, 1.54) is 11.3 Å². The van der Waals surface area contributed by atoms with Crippen LogP contribution in [-0.2, 0) is 16.0 Å². The highest BCUT2D eigenvalue weighted by Gasteiger charge is 2.17. The summed E-state index contributed by atoms with van der Waals surface area (Å²) in [5.41, 5.74) is 0.